The van der Waals surface area contributed by atoms with Crippen LogP contribution in [-0.2, 0) is 0 Å². The second-order valence-corrected chi connectivity index (χ2v) is 5.76. The van der Waals surface area contributed by atoms with Gasteiger partial charge >= 0.3 is 0 Å². The van der Waals surface area contributed by atoms with Crippen molar-refractivity contribution in [2.24, 2.45) is 0 Å². The van der Waals surface area contributed by atoms with Gasteiger partial charge < -0.3 is 14.8 Å². The second kappa shape index (κ2) is 6.80. The molecule has 1 aromatic heterocycles. The summed E-state index contributed by atoms with van der Waals surface area (Å²) in [7, 11) is 3.33. The molecule has 0 saturated carbocycles. The minimum absolute atomic E-state index is 0.695. The number of aromatic nitrogens is 2. The van der Waals surface area contributed by atoms with E-state index in [2.05, 4.69) is 9.88 Å². The molecule has 0 aliphatic carbocycles. The molecule has 0 saturated heterocycles. The van der Waals surface area contributed by atoms with Gasteiger partial charge in [0.2, 0.25) is 5.95 Å². The van der Waals surface area contributed by atoms with Crippen LogP contribution in [0.3, 0.4) is 0 Å². The van der Waals surface area contributed by atoms with E-state index in [1.807, 2.05) is 72.8 Å². The van der Waals surface area contributed by atoms with E-state index in [0.29, 0.717) is 5.95 Å². The van der Waals surface area contributed by atoms with Gasteiger partial charge in [0.05, 0.1) is 36.6 Å². The zero-order valence-electron chi connectivity index (χ0n) is 14.6. The molecule has 0 amide bonds. The maximum Gasteiger partial charge on any atom is 0.213 e. The first-order chi connectivity index (χ1) is 12.8. The van der Waals surface area contributed by atoms with E-state index >= 15 is 0 Å². The van der Waals surface area contributed by atoms with Crippen molar-refractivity contribution in [3.05, 3.63) is 72.8 Å². The van der Waals surface area contributed by atoms with E-state index in [-0.39, 0.29) is 0 Å². The minimum Gasteiger partial charge on any atom is -0.495 e. The topological polar surface area (TPSA) is 48.3 Å². The highest BCUT2D eigenvalue weighted by molar-refractivity contribution is 5.83. The summed E-state index contributed by atoms with van der Waals surface area (Å²) in [6, 6.07) is 23.7. The Morgan fingerprint density at radius 2 is 1.42 bits per heavy atom. The third-order valence-electron chi connectivity index (χ3n) is 4.24. The monoisotopic (exact) mass is 345 g/mol. The first-order valence-corrected chi connectivity index (χ1v) is 8.32. The summed E-state index contributed by atoms with van der Waals surface area (Å²) >= 11 is 0. The largest absolute Gasteiger partial charge is 0.495 e. The summed E-state index contributed by atoms with van der Waals surface area (Å²) in [4.78, 5) is 4.78. The molecule has 26 heavy (non-hydrogen) atoms. The number of nitrogens with zero attached hydrogens (tertiary/aromatic N) is 2. The third kappa shape index (κ3) is 2.73. The number of nitrogens with one attached hydrogen (secondary N) is 1. The van der Waals surface area contributed by atoms with Crippen LogP contribution in [0.25, 0.3) is 16.7 Å². The highest BCUT2D eigenvalue weighted by atomic mass is 16.5. The molecule has 0 fully saturated rings. The summed E-state index contributed by atoms with van der Waals surface area (Å²) < 4.78 is 13.1. The molecule has 5 heteroatoms. The van der Waals surface area contributed by atoms with Crippen molar-refractivity contribution in [1.29, 1.82) is 0 Å². The molecule has 3 aromatic carbocycles. The number of benzene rings is 3. The average molecular weight is 345 g/mol. The van der Waals surface area contributed by atoms with Gasteiger partial charge in [-0.3, -0.25) is 4.57 Å². The molecular weight excluding hydrogens is 326 g/mol. The van der Waals surface area contributed by atoms with Crippen LogP contribution < -0.4 is 14.8 Å². The Labute approximate surface area is 151 Å². The number of hydrogen-bond acceptors (Lipinski definition) is 4. The fourth-order valence-electron chi connectivity index (χ4n) is 3.04. The van der Waals surface area contributed by atoms with Gasteiger partial charge in [-0.05, 0) is 36.4 Å². The standard InChI is InChI=1S/C21H19N3O2/c1-25-19-13-7-4-10-16(19)23-21-22-15-9-3-5-11-17(15)24(21)18-12-6-8-14-20(18)26-2/h3-14H,1-2H3,(H,22,23). The Morgan fingerprint density at radius 3 is 2.23 bits per heavy atom. The van der Waals surface area contributed by atoms with Crippen LogP contribution in [0.5, 0.6) is 11.5 Å². The van der Waals surface area contributed by atoms with E-state index in [4.69, 9.17) is 14.5 Å². The van der Waals surface area contributed by atoms with Crippen LogP contribution >= 0.6 is 0 Å². The van der Waals surface area contributed by atoms with Crippen LogP contribution in [0.2, 0.25) is 0 Å². The maximum atomic E-state index is 5.57. The molecule has 0 unspecified atom stereocenters. The molecule has 0 aliphatic rings. The molecule has 5 nitrogen and oxygen atoms in total. The van der Waals surface area contributed by atoms with Crippen molar-refractivity contribution in [3.63, 3.8) is 0 Å². The van der Waals surface area contributed by atoms with Gasteiger partial charge in [0.1, 0.15) is 11.5 Å². The van der Waals surface area contributed by atoms with Crippen molar-refractivity contribution in [1.82, 2.24) is 9.55 Å². The SMILES string of the molecule is COc1ccccc1Nc1nc2ccccc2n1-c1ccccc1OC. The quantitative estimate of drug-likeness (QED) is 0.565. The van der Waals surface area contributed by atoms with Crippen molar-refractivity contribution >= 4 is 22.7 Å². The second-order valence-electron chi connectivity index (χ2n) is 5.76. The molecule has 0 aliphatic heterocycles. The number of para-hydroxylation sites is 6. The first-order valence-electron chi connectivity index (χ1n) is 8.32. The van der Waals surface area contributed by atoms with Crippen molar-refractivity contribution in [3.8, 4) is 17.2 Å². The van der Waals surface area contributed by atoms with Gasteiger partial charge in [-0.1, -0.05) is 36.4 Å². The number of methoxy groups -OCH3 is 2. The zero-order valence-corrected chi connectivity index (χ0v) is 14.6. The maximum absolute atomic E-state index is 5.57. The van der Waals surface area contributed by atoms with Crippen LogP contribution in [0, 0.1) is 0 Å². The van der Waals surface area contributed by atoms with Gasteiger partial charge in [-0.25, -0.2) is 4.98 Å². The van der Waals surface area contributed by atoms with E-state index in [9.17, 15) is 0 Å². The molecule has 0 bridgehead atoms. The van der Waals surface area contributed by atoms with Crippen molar-refractivity contribution in [2.45, 2.75) is 0 Å². The number of ether oxygens (including phenoxy) is 2. The summed E-state index contributed by atoms with van der Waals surface area (Å²) in [5.41, 5.74) is 3.66. The number of hydrogen-bond donors (Lipinski definition) is 1. The van der Waals surface area contributed by atoms with Crippen LogP contribution in [0.4, 0.5) is 11.6 Å². The van der Waals surface area contributed by atoms with Gasteiger partial charge in [-0.15, -0.1) is 0 Å². The Bertz CT molecular complexity index is 1060. The summed E-state index contributed by atoms with van der Waals surface area (Å²) in [6.45, 7) is 0. The van der Waals surface area contributed by atoms with Crippen molar-refractivity contribution < 1.29 is 9.47 Å². The van der Waals surface area contributed by atoms with Crippen LogP contribution in [0.15, 0.2) is 72.8 Å². The molecule has 0 spiro atoms. The summed E-state index contributed by atoms with van der Waals surface area (Å²) in [5, 5.41) is 3.40. The lowest BCUT2D eigenvalue weighted by Gasteiger charge is -2.15. The smallest absolute Gasteiger partial charge is 0.213 e. The summed E-state index contributed by atoms with van der Waals surface area (Å²) in [5.74, 6) is 2.23. The molecular formula is C21H19N3O2. The normalized spacial score (nSPS) is 10.7. The number of rotatable bonds is 5. The van der Waals surface area contributed by atoms with Gasteiger partial charge in [-0.2, -0.15) is 0 Å². The van der Waals surface area contributed by atoms with Crippen molar-refractivity contribution in [2.75, 3.05) is 19.5 Å². The fraction of sp³-hybridized carbons (Fsp3) is 0.0952. The van der Waals surface area contributed by atoms with E-state index in [0.717, 1.165) is 33.9 Å². The minimum atomic E-state index is 0.695. The molecule has 1 N–H and O–H groups in total. The highest BCUT2D eigenvalue weighted by Crippen LogP contribution is 2.33. The predicted octanol–water partition coefficient (Wildman–Crippen LogP) is 4.79. The van der Waals surface area contributed by atoms with E-state index < -0.39 is 0 Å². The Kier molecular flexibility index (Phi) is 4.19. The number of fused-ring (bicyclic) bond motifs is 1. The molecule has 130 valence electrons. The fourth-order valence-corrected chi connectivity index (χ4v) is 3.04. The number of anilines is 2. The Balaban J connectivity index is 1.92. The van der Waals surface area contributed by atoms with E-state index in [1.165, 1.54) is 0 Å². The average Bonchev–Trinajstić information content (AvgIpc) is 3.06. The first kappa shape index (κ1) is 16.0. The van der Waals surface area contributed by atoms with Crippen LogP contribution in [-0.4, -0.2) is 23.8 Å². The third-order valence-corrected chi connectivity index (χ3v) is 4.24. The Morgan fingerprint density at radius 1 is 0.769 bits per heavy atom. The Hall–Kier alpha value is -3.47. The molecule has 4 aromatic rings. The lowest BCUT2D eigenvalue weighted by atomic mass is 10.2. The molecule has 0 radical (unpaired) electrons. The molecule has 4 rings (SSSR count). The summed E-state index contributed by atoms with van der Waals surface area (Å²) in [6.07, 6.45) is 0. The lowest BCUT2D eigenvalue weighted by Crippen LogP contribution is -2.04. The van der Waals surface area contributed by atoms with Gasteiger partial charge in [0.25, 0.3) is 0 Å². The van der Waals surface area contributed by atoms with Crippen LogP contribution in [0.1, 0.15) is 0 Å². The zero-order chi connectivity index (χ0) is 17.9. The number of imidazole rings is 1. The van der Waals surface area contributed by atoms with Gasteiger partial charge in [0.15, 0.2) is 0 Å². The lowest BCUT2D eigenvalue weighted by molar-refractivity contribution is 0.413. The van der Waals surface area contributed by atoms with E-state index in [1.54, 1.807) is 14.2 Å². The molecule has 0 atom stereocenters. The molecule has 1 heterocycles. The van der Waals surface area contributed by atoms with Gasteiger partial charge in [0, 0.05) is 0 Å². The predicted molar refractivity (Wildman–Crippen MR) is 104 cm³/mol. The highest BCUT2D eigenvalue weighted by Gasteiger charge is 2.16.